The van der Waals surface area contributed by atoms with Crippen LogP contribution in [0.2, 0.25) is 0 Å². The van der Waals surface area contributed by atoms with Gasteiger partial charge in [-0.05, 0) is 17.8 Å². The van der Waals surface area contributed by atoms with Crippen LogP contribution in [0.4, 0.5) is 5.82 Å². The highest BCUT2D eigenvalue weighted by atomic mass is 16.5. The molecule has 2 rings (SSSR count). The molecule has 6 nitrogen and oxygen atoms in total. The van der Waals surface area contributed by atoms with Gasteiger partial charge >= 0.3 is 5.97 Å². The second-order valence-corrected chi connectivity index (χ2v) is 6.01. The van der Waals surface area contributed by atoms with E-state index in [0.717, 1.165) is 11.1 Å². The van der Waals surface area contributed by atoms with Crippen LogP contribution in [0.25, 0.3) is 0 Å². The van der Waals surface area contributed by atoms with Crippen LogP contribution in [0.15, 0.2) is 6.07 Å². The first-order valence-corrected chi connectivity index (χ1v) is 6.23. The lowest BCUT2D eigenvalue weighted by molar-refractivity contribution is 0.0593. The second-order valence-electron chi connectivity index (χ2n) is 6.01. The molecule has 0 amide bonds. The van der Waals surface area contributed by atoms with Gasteiger partial charge in [0.05, 0.1) is 7.11 Å². The van der Waals surface area contributed by atoms with Gasteiger partial charge in [0.1, 0.15) is 5.82 Å². The average molecular weight is 265 g/mol. The number of anilines is 1. The molecule has 0 aromatic carbocycles. The van der Waals surface area contributed by atoms with E-state index in [9.17, 15) is 9.59 Å². The molecule has 1 aliphatic carbocycles. The molecule has 0 spiro atoms. The molecule has 0 bridgehead atoms. The van der Waals surface area contributed by atoms with Crippen molar-refractivity contribution in [1.82, 2.24) is 9.78 Å². The van der Waals surface area contributed by atoms with E-state index in [0.29, 0.717) is 5.92 Å². The number of hydrogen-bond acceptors (Lipinski definition) is 5. The average Bonchev–Trinajstić information content (AvgIpc) is 3.05. The lowest BCUT2D eigenvalue weighted by atomic mass is 9.89. The maximum atomic E-state index is 12.3. The van der Waals surface area contributed by atoms with Crippen LogP contribution in [0, 0.1) is 17.3 Å². The second kappa shape index (κ2) is 4.36. The van der Waals surface area contributed by atoms with Crippen LogP contribution in [0.5, 0.6) is 0 Å². The summed E-state index contributed by atoms with van der Waals surface area (Å²) in [5.74, 6) is -0.295. The summed E-state index contributed by atoms with van der Waals surface area (Å²) >= 11 is 0. The van der Waals surface area contributed by atoms with Crippen LogP contribution >= 0.6 is 0 Å². The largest absolute Gasteiger partial charge is 0.464 e. The van der Waals surface area contributed by atoms with Gasteiger partial charge in [-0.1, -0.05) is 20.8 Å². The number of carbonyl (C=O) groups is 2. The highest BCUT2D eigenvalue weighted by Gasteiger charge is 2.50. The first kappa shape index (κ1) is 13.6. The van der Waals surface area contributed by atoms with Gasteiger partial charge < -0.3 is 10.5 Å². The third kappa shape index (κ3) is 2.47. The zero-order valence-electron chi connectivity index (χ0n) is 11.6. The fourth-order valence-corrected chi connectivity index (χ4v) is 2.36. The molecule has 104 valence electrons. The van der Waals surface area contributed by atoms with Crippen molar-refractivity contribution in [3.8, 4) is 0 Å². The van der Waals surface area contributed by atoms with Crippen molar-refractivity contribution in [1.29, 1.82) is 0 Å². The highest BCUT2D eigenvalue weighted by Crippen LogP contribution is 2.51. The van der Waals surface area contributed by atoms with Crippen LogP contribution < -0.4 is 5.73 Å². The predicted molar refractivity (Wildman–Crippen MR) is 69.7 cm³/mol. The maximum Gasteiger partial charge on any atom is 0.358 e. The molecule has 1 aromatic heterocycles. The number of nitrogens with zero attached hydrogens (tertiary/aromatic N) is 2. The van der Waals surface area contributed by atoms with Crippen molar-refractivity contribution in [3.63, 3.8) is 0 Å². The lowest BCUT2D eigenvalue weighted by Gasteiger charge is -2.17. The van der Waals surface area contributed by atoms with Gasteiger partial charge in [0, 0.05) is 12.0 Å². The molecular weight excluding hydrogens is 246 g/mol. The van der Waals surface area contributed by atoms with Gasteiger partial charge in [-0.3, -0.25) is 4.79 Å². The molecule has 0 saturated heterocycles. The Bertz CT molecular complexity index is 528. The standard InChI is InChI=1S/C13H19N3O3/c1-13(2,3)8-5-7(8)11(17)16-10(14)6-9(15-16)12(18)19-4/h6-8H,5,14H2,1-4H3/t7-,8+/m0/s1. The Kier molecular flexibility index (Phi) is 3.12. The topological polar surface area (TPSA) is 87.2 Å². The Balaban J connectivity index is 2.18. The van der Waals surface area contributed by atoms with E-state index >= 15 is 0 Å². The quantitative estimate of drug-likeness (QED) is 0.820. The number of hydrogen-bond donors (Lipinski definition) is 1. The molecule has 1 aromatic rings. The number of methoxy groups -OCH3 is 1. The molecule has 0 radical (unpaired) electrons. The fraction of sp³-hybridized carbons (Fsp3) is 0.615. The van der Waals surface area contributed by atoms with Gasteiger partial charge in [0.15, 0.2) is 5.69 Å². The molecule has 2 N–H and O–H groups in total. The Morgan fingerprint density at radius 1 is 1.47 bits per heavy atom. The number of esters is 1. The van der Waals surface area contributed by atoms with Crippen molar-refractivity contribution in [2.24, 2.45) is 17.3 Å². The maximum absolute atomic E-state index is 12.3. The van der Waals surface area contributed by atoms with E-state index in [4.69, 9.17) is 5.73 Å². The van der Waals surface area contributed by atoms with E-state index in [1.54, 1.807) is 0 Å². The van der Waals surface area contributed by atoms with Crippen LogP contribution in [0.3, 0.4) is 0 Å². The van der Waals surface area contributed by atoms with Crippen LogP contribution in [-0.4, -0.2) is 28.8 Å². The minimum Gasteiger partial charge on any atom is -0.464 e. The summed E-state index contributed by atoms with van der Waals surface area (Å²) in [6, 6.07) is 1.36. The van der Waals surface area contributed by atoms with Crippen molar-refractivity contribution in [2.75, 3.05) is 12.8 Å². The molecule has 19 heavy (non-hydrogen) atoms. The summed E-state index contributed by atoms with van der Waals surface area (Å²) in [6.45, 7) is 6.33. The molecule has 1 fully saturated rings. The summed E-state index contributed by atoms with van der Waals surface area (Å²) in [5.41, 5.74) is 5.87. The van der Waals surface area contributed by atoms with E-state index in [1.165, 1.54) is 13.2 Å². The molecule has 2 atom stereocenters. The van der Waals surface area contributed by atoms with E-state index in [1.807, 2.05) is 0 Å². The zero-order chi connectivity index (χ0) is 14.4. The van der Waals surface area contributed by atoms with Crippen molar-refractivity contribution >= 4 is 17.7 Å². The van der Waals surface area contributed by atoms with Crippen molar-refractivity contribution in [2.45, 2.75) is 27.2 Å². The molecular formula is C13H19N3O3. The molecule has 0 aliphatic heterocycles. The third-order valence-corrected chi connectivity index (χ3v) is 3.56. The minimum atomic E-state index is -0.596. The Morgan fingerprint density at radius 3 is 2.58 bits per heavy atom. The summed E-state index contributed by atoms with van der Waals surface area (Å²) in [6.07, 6.45) is 0.842. The Labute approximate surface area is 111 Å². The summed E-state index contributed by atoms with van der Waals surface area (Å²) in [5, 5.41) is 3.93. The van der Waals surface area contributed by atoms with Gasteiger partial charge in [0.2, 0.25) is 0 Å². The van der Waals surface area contributed by atoms with Gasteiger partial charge in [-0.15, -0.1) is 0 Å². The number of carbonyl (C=O) groups excluding carboxylic acids is 2. The number of aromatic nitrogens is 2. The summed E-state index contributed by atoms with van der Waals surface area (Å²) in [7, 11) is 1.26. The van der Waals surface area contributed by atoms with E-state index in [-0.39, 0.29) is 28.8 Å². The molecule has 1 saturated carbocycles. The van der Waals surface area contributed by atoms with Crippen molar-refractivity contribution in [3.05, 3.63) is 11.8 Å². The SMILES string of the molecule is COC(=O)c1cc(N)n(C(=O)[C@H]2C[C@H]2C(C)(C)C)n1. The van der Waals surface area contributed by atoms with Crippen LogP contribution in [-0.2, 0) is 4.74 Å². The van der Waals surface area contributed by atoms with E-state index < -0.39 is 5.97 Å². The predicted octanol–water partition coefficient (Wildman–Crippen LogP) is 1.57. The normalized spacial score (nSPS) is 22.1. The van der Waals surface area contributed by atoms with E-state index in [2.05, 4.69) is 30.6 Å². The molecule has 1 aliphatic rings. The molecule has 1 heterocycles. The number of nitrogens with two attached hydrogens (primary N) is 1. The van der Waals surface area contributed by atoms with Crippen LogP contribution in [0.1, 0.15) is 42.5 Å². The Hall–Kier alpha value is -1.85. The first-order valence-electron chi connectivity index (χ1n) is 6.23. The summed E-state index contributed by atoms with van der Waals surface area (Å²) < 4.78 is 5.67. The lowest BCUT2D eigenvalue weighted by Crippen LogP contribution is -2.21. The van der Waals surface area contributed by atoms with Gasteiger partial charge in [-0.25, -0.2) is 4.79 Å². The van der Waals surface area contributed by atoms with Gasteiger partial charge in [0.25, 0.3) is 5.91 Å². The molecule has 6 heteroatoms. The zero-order valence-corrected chi connectivity index (χ0v) is 11.6. The number of ether oxygens (including phenoxy) is 1. The molecule has 0 unspecified atom stereocenters. The highest BCUT2D eigenvalue weighted by molar-refractivity contribution is 5.91. The smallest absolute Gasteiger partial charge is 0.358 e. The monoisotopic (exact) mass is 265 g/mol. The Morgan fingerprint density at radius 2 is 2.11 bits per heavy atom. The third-order valence-electron chi connectivity index (χ3n) is 3.56. The summed E-state index contributed by atoms with van der Waals surface area (Å²) in [4.78, 5) is 23.6. The number of rotatable bonds is 2. The van der Waals surface area contributed by atoms with Crippen molar-refractivity contribution < 1.29 is 14.3 Å². The fourth-order valence-electron chi connectivity index (χ4n) is 2.36. The first-order chi connectivity index (χ1) is 8.75. The minimum absolute atomic E-state index is 0.0568. The van der Waals surface area contributed by atoms with Gasteiger partial charge in [-0.2, -0.15) is 9.78 Å². The number of nitrogen functional groups attached to an aromatic ring is 1.